The van der Waals surface area contributed by atoms with E-state index in [-0.39, 0.29) is 34.4 Å². The van der Waals surface area contributed by atoms with Gasteiger partial charge in [-0.2, -0.15) is 5.10 Å². The molecule has 0 unspecified atom stereocenters. The molecule has 0 saturated carbocycles. The second-order valence-corrected chi connectivity index (χ2v) is 7.13. The van der Waals surface area contributed by atoms with Crippen LogP contribution in [0.15, 0.2) is 16.9 Å². The van der Waals surface area contributed by atoms with Crippen molar-refractivity contribution in [2.45, 2.75) is 26.8 Å². The number of hydrogen-bond acceptors (Lipinski definition) is 7. The van der Waals surface area contributed by atoms with E-state index in [1.807, 2.05) is 0 Å². The maximum atomic E-state index is 12.2. The van der Waals surface area contributed by atoms with Crippen LogP contribution >= 0.6 is 27.3 Å². The number of methoxy groups -OCH3 is 1. The van der Waals surface area contributed by atoms with E-state index in [1.54, 1.807) is 30.9 Å². The largest absolute Gasteiger partial charge is 0.465 e. The third-order valence-corrected chi connectivity index (χ3v) is 5.02. The van der Waals surface area contributed by atoms with Crippen LogP contribution in [0, 0.1) is 6.92 Å². The van der Waals surface area contributed by atoms with E-state index < -0.39 is 11.9 Å². The number of hydrogen-bond donors (Lipinski definition) is 1. The molecule has 0 aliphatic heterocycles. The number of esters is 2. The van der Waals surface area contributed by atoms with Gasteiger partial charge in [0.15, 0.2) is 0 Å². The first-order valence-electron chi connectivity index (χ1n) is 7.74. The molecule has 2 aromatic rings. The Morgan fingerprint density at radius 2 is 2.08 bits per heavy atom. The normalized spacial score (nSPS) is 10.5. The second-order valence-electron chi connectivity index (χ2n) is 5.19. The third-order valence-electron chi connectivity index (χ3n) is 3.42. The summed E-state index contributed by atoms with van der Waals surface area (Å²) in [5, 5.41) is 7.02. The van der Waals surface area contributed by atoms with Crippen LogP contribution in [0.5, 0.6) is 0 Å². The van der Waals surface area contributed by atoms with Gasteiger partial charge in [0.05, 0.1) is 29.9 Å². The third kappa shape index (κ3) is 4.70. The minimum absolute atomic E-state index is 0.153. The number of ether oxygens (including phenoxy) is 2. The molecule has 0 radical (unpaired) electrons. The first-order chi connectivity index (χ1) is 12.4. The Labute approximate surface area is 162 Å². The van der Waals surface area contributed by atoms with Gasteiger partial charge in [-0.3, -0.25) is 9.48 Å². The smallest absolute Gasteiger partial charge is 0.348 e. The van der Waals surface area contributed by atoms with Gasteiger partial charge in [0.2, 0.25) is 5.91 Å². The molecule has 0 spiro atoms. The predicted molar refractivity (Wildman–Crippen MR) is 99.5 cm³/mol. The van der Waals surface area contributed by atoms with Crippen molar-refractivity contribution in [3.8, 4) is 0 Å². The number of thiophene rings is 1. The number of nitrogens with zero attached hydrogens (tertiary/aromatic N) is 2. The standard InChI is InChI=1S/C16H18BrN3O5S/c1-4-25-16(23)13-9(2)12(15(22)24-3)14(26-13)19-11(21)5-6-20-8-10(17)7-18-20/h7-8H,4-6H2,1-3H3,(H,19,21). The summed E-state index contributed by atoms with van der Waals surface area (Å²) in [7, 11) is 1.24. The van der Waals surface area contributed by atoms with Crippen LogP contribution in [0.3, 0.4) is 0 Å². The summed E-state index contributed by atoms with van der Waals surface area (Å²) >= 11 is 4.28. The lowest BCUT2D eigenvalue weighted by atomic mass is 10.1. The van der Waals surface area contributed by atoms with Crippen molar-refractivity contribution in [2.75, 3.05) is 19.0 Å². The number of carbonyl (C=O) groups excluding carboxylic acids is 3. The van der Waals surface area contributed by atoms with Gasteiger partial charge in [0.1, 0.15) is 9.88 Å². The molecule has 0 saturated heterocycles. The van der Waals surface area contributed by atoms with Crippen LogP contribution < -0.4 is 5.32 Å². The number of halogens is 1. The maximum Gasteiger partial charge on any atom is 0.348 e. The Morgan fingerprint density at radius 3 is 2.65 bits per heavy atom. The highest BCUT2D eigenvalue weighted by molar-refractivity contribution is 9.10. The molecular weight excluding hydrogens is 426 g/mol. The topological polar surface area (TPSA) is 99.5 Å². The van der Waals surface area contributed by atoms with Gasteiger partial charge < -0.3 is 14.8 Å². The number of rotatable bonds is 7. The zero-order valence-corrected chi connectivity index (χ0v) is 16.9. The van der Waals surface area contributed by atoms with E-state index in [4.69, 9.17) is 9.47 Å². The molecule has 8 nitrogen and oxygen atoms in total. The van der Waals surface area contributed by atoms with Crippen LogP contribution in [-0.2, 0) is 20.8 Å². The lowest BCUT2D eigenvalue weighted by Gasteiger charge is -2.06. The molecule has 0 bridgehead atoms. The molecule has 0 atom stereocenters. The Balaban J connectivity index is 2.18. The summed E-state index contributed by atoms with van der Waals surface area (Å²) in [6.07, 6.45) is 3.53. The second kappa shape index (κ2) is 8.95. The molecular formula is C16H18BrN3O5S. The molecule has 0 aliphatic carbocycles. The van der Waals surface area contributed by atoms with E-state index in [9.17, 15) is 14.4 Å². The Morgan fingerprint density at radius 1 is 1.35 bits per heavy atom. The number of amides is 1. The highest BCUT2D eigenvalue weighted by atomic mass is 79.9. The molecule has 2 heterocycles. The minimum Gasteiger partial charge on any atom is -0.465 e. The first-order valence-corrected chi connectivity index (χ1v) is 9.34. The summed E-state index contributed by atoms with van der Waals surface area (Å²) in [5.74, 6) is -1.47. The first kappa shape index (κ1) is 20.1. The maximum absolute atomic E-state index is 12.2. The van der Waals surface area contributed by atoms with E-state index in [0.717, 1.165) is 15.8 Å². The predicted octanol–water partition coefficient (Wildman–Crippen LogP) is 3.01. The number of aryl methyl sites for hydroxylation is 1. The summed E-state index contributed by atoms with van der Waals surface area (Å²) in [6, 6.07) is 0. The summed E-state index contributed by atoms with van der Waals surface area (Å²) in [4.78, 5) is 36.6. The van der Waals surface area contributed by atoms with E-state index in [0.29, 0.717) is 12.1 Å². The fraction of sp³-hybridized carbons (Fsp3) is 0.375. The zero-order valence-electron chi connectivity index (χ0n) is 14.5. The summed E-state index contributed by atoms with van der Waals surface area (Å²) < 4.78 is 12.2. The van der Waals surface area contributed by atoms with Crippen molar-refractivity contribution >= 4 is 50.1 Å². The molecule has 2 rings (SSSR count). The highest BCUT2D eigenvalue weighted by Gasteiger charge is 2.26. The van der Waals surface area contributed by atoms with E-state index >= 15 is 0 Å². The van der Waals surface area contributed by atoms with Crippen molar-refractivity contribution in [2.24, 2.45) is 0 Å². The van der Waals surface area contributed by atoms with E-state index in [2.05, 4.69) is 26.3 Å². The molecule has 0 fully saturated rings. The molecule has 2 aromatic heterocycles. The van der Waals surface area contributed by atoms with Crippen LogP contribution in [0.25, 0.3) is 0 Å². The minimum atomic E-state index is -0.624. The van der Waals surface area contributed by atoms with Crippen LogP contribution in [0.4, 0.5) is 5.00 Å². The lowest BCUT2D eigenvalue weighted by Crippen LogP contribution is -2.16. The molecule has 0 aliphatic rings. The van der Waals surface area contributed by atoms with Gasteiger partial charge in [-0.25, -0.2) is 9.59 Å². The van der Waals surface area contributed by atoms with Gasteiger partial charge in [-0.05, 0) is 35.3 Å². The molecule has 10 heteroatoms. The Kier molecular flexibility index (Phi) is 6.92. The van der Waals surface area contributed by atoms with Crippen molar-refractivity contribution in [3.05, 3.63) is 32.9 Å². The monoisotopic (exact) mass is 443 g/mol. The van der Waals surface area contributed by atoms with Gasteiger partial charge >= 0.3 is 11.9 Å². The van der Waals surface area contributed by atoms with E-state index in [1.165, 1.54) is 7.11 Å². The van der Waals surface area contributed by atoms with Crippen molar-refractivity contribution < 1.29 is 23.9 Å². The van der Waals surface area contributed by atoms with Crippen molar-refractivity contribution in [3.63, 3.8) is 0 Å². The van der Waals surface area contributed by atoms with Crippen LogP contribution in [0.1, 0.15) is 38.9 Å². The molecule has 1 amide bonds. The van der Waals surface area contributed by atoms with Crippen molar-refractivity contribution in [1.82, 2.24) is 9.78 Å². The molecule has 140 valence electrons. The average Bonchev–Trinajstić information content (AvgIpc) is 3.16. The fourth-order valence-electron chi connectivity index (χ4n) is 2.21. The van der Waals surface area contributed by atoms with Gasteiger partial charge in [-0.15, -0.1) is 11.3 Å². The Hall–Kier alpha value is -2.20. The number of anilines is 1. The molecule has 0 aromatic carbocycles. The zero-order chi connectivity index (χ0) is 19.3. The van der Waals surface area contributed by atoms with Gasteiger partial charge in [-0.1, -0.05) is 0 Å². The van der Waals surface area contributed by atoms with Crippen LogP contribution in [-0.4, -0.2) is 41.3 Å². The number of nitrogens with one attached hydrogen (secondary N) is 1. The lowest BCUT2D eigenvalue weighted by molar-refractivity contribution is -0.116. The summed E-state index contributed by atoms with van der Waals surface area (Å²) in [6.45, 7) is 3.90. The van der Waals surface area contributed by atoms with Crippen LogP contribution in [0.2, 0.25) is 0 Å². The van der Waals surface area contributed by atoms with Gasteiger partial charge in [0.25, 0.3) is 0 Å². The average molecular weight is 444 g/mol. The summed E-state index contributed by atoms with van der Waals surface area (Å²) in [5.41, 5.74) is 0.586. The Bertz CT molecular complexity index is 830. The number of carbonyl (C=O) groups is 3. The highest BCUT2D eigenvalue weighted by Crippen LogP contribution is 2.34. The SMILES string of the molecule is CCOC(=O)c1sc(NC(=O)CCn2cc(Br)cn2)c(C(=O)OC)c1C. The fourth-order valence-corrected chi connectivity index (χ4v) is 3.64. The quantitative estimate of drug-likeness (QED) is 0.660. The molecule has 26 heavy (non-hydrogen) atoms. The van der Waals surface area contributed by atoms with Gasteiger partial charge in [0, 0.05) is 19.2 Å². The van der Waals surface area contributed by atoms with Crippen molar-refractivity contribution in [1.29, 1.82) is 0 Å². The number of aromatic nitrogens is 2. The molecule has 1 N–H and O–H groups in total.